The Balaban J connectivity index is 0.00000121. The van der Waals surface area contributed by atoms with Crippen LogP contribution in [0.2, 0.25) is 0 Å². The van der Waals surface area contributed by atoms with Crippen LogP contribution in [-0.4, -0.2) is 41.8 Å². The average Bonchev–Trinajstić information content (AvgIpc) is 3.19. The summed E-state index contributed by atoms with van der Waals surface area (Å²) in [5, 5.41) is 1.12. The first-order valence-corrected chi connectivity index (χ1v) is 12.0. The maximum absolute atomic E-state index is 12.0. The number of carbonyl (C=O) groups excluding carboxylic acids is 1. The number of aromatic nitrogens is 1. The van der Waals surface area contributed by atoms with Gasteiger partial charge in [-0.1, -0.05) is 69.8 Å². The molecule has 0 unspecified atom stereocenters. The van der Waals surface area contributed by atoms with Crippen LogP contribution in [0.1, 0.15) is 48.5 Å². The molecule has 0 spiro atoms. The highest BCUT2D eigenvalue weighted by molar-refractivity contribution is 7.99. The number of hydrogen-bond donors (Lipinski definition) is 1. The highest BCUT2D eigenvalue weighted by Crippen LogP contribution is 2.36. The minimum Gasteiger partial charge on any atom is -0.490 e. The Morgan fingerprint density at radius 2 is 1.66 bits per heavy atom. The van der Waals surface area contributed by atoms with Gasteiger partial charge >= 0.3 is 6.09 Å². The van der Waals surface area contributed by atoms with E-state index in [2.05, 4.69) is 23.2 Å². The minimum absolute atomic E-state index is 0.351. The smallest absolute Gasteiger partial charge is 0.410 e. The van der Waals surface area contributed by atoms with Crippen LogP contribution in [0.4, 0.5) is 4.79 Å². The van der Waals surface area contributed by atoms with Gasteiger partial charge in [-0.3, -0.25) is 0 Å². The van der Waals surface area contributed by atoms with Crippen molar-refractivity contribution in [1.82, 2.24) is 9.88 Å². The van der Waals surface area contributed by atoms with E-state index < -0.39 is 5.60 Å². The second-order valence-corrected chi connectivity index (χ2v) is 8.61. The lowest BCUT2D eigenvalue weighted by molar-refractivity contribution is 0.0278. The number of para-hydroxylation sites is 1. The zero-order chi connectivity index (χ0) is 24.1. The normalized spacial score (nSPS) is 10.4. The topological polar surface area (TPSA) is 54.6 Å². The van der Waals surface area contributed by atoms with Gasteiger partial charge in [0.1, 0.15) is 18.0 Å². The highest BCUT2D eigenvalue weighted by atomic mass is 32.2. The van der Waals surface area contributed by atoms with Gasteiger partial charge < -0.3 is 19.4 Å². The summed E-state index contributed by atoms with van der Waals surface area (Å²) >= 11 is 1.71. The average molecular weight is 459 g/mol. The van der Waals surface area contributed by atoms with Crippen LogP contribution in [0.25, 0.3) is 10.9 Å². The predicted octanol–water partition coefficient (Wildman–Crippen LogP) is 7.62. The minimum atomic E-state index is -0.505. The van der Waals surface area contributed by atoms with Crippen molar-refractivity contribution in [1.29, 1.82) is 0 Å². The molecule has 0 fully saturated rings. The Labute approximate surface area is 197 Å². The summed E-state index contributed by atoms with van der Waals surface area (Å²) in [5.74, 6) is 0.773. The highest BCUT2D eigenvalue weighted by Gasteiger charge is 2.19. The van der Waals surface area contributed by atoms with Crippen molar-refractivity contribution in [3.63, 3.8) is 0 Å². The number of aromatic amines is 1. The van der Waals surface area contributed by atoms with Gasteiger partial charge in [-0.25, -0.2) is 4.79 Å². The van der Waals surface area contributed by atoms with E-state index in [9.17, 15) is 4.79 Å². The summed E-state index contributed by atoms with van der Waals surface area (Å²) in [6, 6.07) is 16.3. The summed E-state index contributed by atoms with van der Waals surface area (Å²) in [4.78, 5) is 19.2. The van der Waals surface area contributed by atoms with Crippen LogP contribution in [0, 0.1) is 0 Å². The Bertz CT molecular complexity index is 933. The largest absolute Gasteiger partial charge is 0.490 e. The molecule has 0 bridgehead atoms. The van der Waals surface area contributed by atoms with E-state index in [1.54, 1.807) is 18.8 Å². The molecular formula is C26H38N2O3S. The van der Waals surface area contributed by atoms with Crippen molar-refractivity contribution in [3.8, 4) is 5.75 Å². The van der Waals surface area contributed by atoms with Gasteiger partial charge in [-0.2, -0.15) is 0 Å². The number of nitrogens with one attached hydrogen (secondary N) is 1. The van der Waals surface area contributed by atoms with Crippen LogP contribution in [0.5, 0.6) is 5.75 Å². The monoisotopic (exact) mass is 458 g/mol. The van der Waals surface area contributed by atoms with Crippen molar-refractivity contribution >= 4 is 28.8 Å². The molecule has 0 atom stereocenters. The van der Waals surface area contributed by atoms with E-state index in [-0.39, 0.29) is 6.09 Å². The van der Waals surface area contributed by atoms with E-state index in [0.717, 1.165) is 21.5 Å². The molecule has 1 heterocycles. The van der Waals surface area contributed by atoms with Crippen LogP contribution < -0.4 is 4.74 Å². The van der Waals surface area contributed by atoms with Crippen LogP contribution in [-0.2, 0) is 4.74 Å². The third kappa shape index (κ3) is 8.50. The van der Waals surface area contributed by atoms with Gasteiger partial charge in [0.15, 0.2) is 0 Å². The maximum atomic E-state index is 12.0. The molecule has 2 aromatic carbocycles. The zero-order valence-corrected chi connectivity index (χ0v) is 21.5. The van der Waals surface area contributed by atoms with Gasteiger partial charge in [0, 0.05) is 28.4 Å². The van der Waals surface area contributed by atoms with Crippen LogP contribution >= 0.6 is 11.8 Å². The lowest BCUT2D eigenvalue weighted by Gasteiger charge is -2.24. The number of hydrogen-bond acceptors (Lipinski definition) is 4. The van der Waals surface area contributed by atoms with Crippen molar-refractivity contribution < 1.29 is 14.3 Å². The van der Waals surface area contributed by atoms with Gasteiger partial charge in [-0.05, 0) is 39.0 Å². The Morgan fingerprint density at radius 3 is 2.28 bits per heavy atom. The number of rotatable bonds is 6. The van der Waals surface area contributed by atoms with E-state index in [1.807, 2.05) is 85.0 Å². The molecule has 0 saturated carbocycles. The van der Waals surface area contributed by atoms with Gasteiger partial charge in [0.05, 0.1) is 12.1 Å². The Morgan fingerprint density at radius 1 is 1.00 bits per heavy atom. The van der Waals surface area contributed by atoms with Crippen molar-refractivity contribution in [2.45, 2.75) is 63.9 Å². The van der Waals surface area contributed by atoms with Crippen LogP contribution in [0.15, 0.2) is 64.5 Å². The van der Waals surface area contributed by atoms with E-state index in [0.29, 0.717) is 13.2 Å². The number of nitrogens with zero attached hydrogens (tertiary/aromatic N) is 1. The third-order valence-corrected chi connectivity index (χ3v) is 5.07. The molecule has 5 nitrogen and oxygen atoms in total. The molecule has 1 N–H and O–H groups in total. The quantitative estimate of drug-likeness (QED) is 0.413. The predicted molar refractivity (Wildman–Crippen MR) is 136 cm³/mol. The van der Waals surface area contributed by atoms with Crippen LogP contribution in [0.3, 0.4) is 0 Å². The summed E-state index contributed by atoms with van der Waals surface area (Å²) in [5.41, 5.74) is 0.454. The van der Waals surface area contributed by atoms with Crippen molar-refractivity contribution in [2.75, 3.05) is 20.2 Å². The summed E-state index contributed by atoms with van der Waals surface area (Å²) in [6.45, 7) is 14.4. The lowest BCUT2D eigenvalue weighted by atomic mass is 10.2. The van der Waals surface area contributed by atoms with Gasteiger partial charge in [0.2, 0.25) is 0 Å². The van der Waals surface area contributed by atoms with E-state index >= 15 is 0 Å². The molecule has 0 aliphatic carbocycles. The molecule has 1 aromatic heterocycles. The maximum Gasteiger partial charge on any atom is 0.410 e. The molecule has 0 saturated heterocycles. The first-order valence-electron chi connectivity index (χ1n) is 11.2. The second-order valence-electron chi connectivity index (χ2n) is 7.50. The Kier molecular flexibility index (Phi) is 11.8. The van der Waals surface area contributed by atoms with E-state index in [1.165, 1.54) is 9.80 Å². The molecule has 1 amide bonds. The molecular weight excluding hydrogens is 420 g/mol. The molecule has 32 heavy (non-hydrogen) atoms. The first kappa shape index (κ1) is 27.4. The molecule has 6 heteroatoms. The van der Waals surface area contributed by atoms with Crippen molar-refractivity contribution in [2.24, 2.45) is 0 Å². The number of amides is 1. The molecule has 176 valence electrons. The first-order chi connectivity index (χ1) is 15.3. The summed E-state index contributed by atoms with van der Waals surface area (Å²) in [7, 11) is 1.71. The molecule has 3 aromatic rings. The molecule has 3 rings (SSSR count). The fraction of sp³-hybridized carbons (Fsp3) is 0.423. The fourth-order valence-electron chi connectivity index (χ4n) is 2.64. The SMILES string of the molecule is CC.CC.CN(CCOc1cccc2c(Sc3ccccc3)c[nH]c12)C(=O)OC(C)(C)C. The number of carbonyl (C=O) groups is 1. The number of ether oxygens (including phenoxy) is 2. The Hall–Kier alpha value is -2.60. The van der Waals surface area contributed by atoms with Crippen molar-refractivity contribution in [3.05, 3.63) is 54.7 Å². The number of H-pyrrole nitrogens is 1. The molecule has 0 aliphatic heterocycles. The number of benzene rings is 2. The lowest BCUT2D eigenvalue weighted by Crippen LogP contribution is -2.36. The standard InChI is InChI=1S/C22H26N2O3S.2C2H6/c1-22(2,3)27-21(25)24(4)13-14-26-18-12-8-11-17-19(15-23-20(17)18)28-16-9-6-5-7-10-16;2*1-2/h5-12,15,23H,13-14H2,1-4H3;2*1-2H3. The summed E-state index contributed by atoms with van der Waals surface area (Å²) in [6.07, 6.45) is 1.65. The number of fused-ring (bicyclic) bond motifs is 1. The fourth-order valence-corrected chi connectivity index (χ4v) is 3.59. The molecule has 0 radical (unpaired) electrons. The second kappa shape index (κ2) is 13.7. The van der Waals surface area contributed by atoms with Gasteiger partial charge in [-0.15, -0.1) is 0 Å². The molecule has 0 aliphatic rings. The summed E-state index contributed by atoms with van der Waals surface area (Å²) < 4.78 is 11.3. The third-order valence-electron chi connectivity index (χ3n) is 4.00. The van der Waals surface area contributed by atoms with Gasteiger partial charge in [0.25, 0.3) is 0 Å². The number of likely N-dealkylation sites (N-methyl/N-ethyl adjacent to an activating group) is 1. The zero-order valence-electron chi connectivity index (χ0n) is 20.7. The van der Waals surface area contributed by atoms with E-state index in [4.69, 9.17) is 9.47 Å².